The summed E-state index contributed by atoms with van der Waals surface area (Å²) in [6.45, 7) is 3.13. The zero-order chi connectivity index (χ0) is 16.5. The molecule has 3 aromatic carbocycles. The number of hydrogen-bond acceptors (Lipinski definition) is 3. The van der Waals surface area contributed by atoms with E-state index in [1.165, 1.54) is 21.9 Å². The predicted octanol–water partition coefficient (Wildman–Crippen LogP) is 4.30. The summed E-state index contributed by atoms with van der Waals surface area (Å²) in [4.78, 5) is 2.36. The highest BCUT2D eigenvalue weighted by molar-refractivity contribution is 5.86. The van der Waals surface area contributed by atoms with Gasteiger partial charge in [-0.25, -0.2) is 0 Å². The van der Waals surface area contributed by atoms with Gasteiger partial charge in [-0.3, -0.25) is 4.90 Å². The lowest BCUT2D eigenvalue weighted by atomic mass is 9.98. The van der Waals surface area contributed by atoms with Gasteiger partial charge in [0.05, 0.1) is 0 Å². The molecule has 0 unspecified atom stereocenters. The van der Waals surface area contributed by atoms with Gasteiger partial charge in [0.25, 0.3) is 0 Å². The molecule has 0 radical (unpaired) electrons. The summed E-state index contributed by atoms with van der Waals surface area (Å²) in [5, 5.41) is 13.6. The number of nitrogens with one attached hydrogen (secondary N) is 1. The summed E-state index contributed by atoms with van der Waals surface area (Å²) in [5.41, 5.74) is 4.42. The smallest absolute Gasteiger partial charge is 0.113 e. The Morgan fingerprint density at radius 2 is 1.75 bits per heavy atom. The molecule has 0 amide bonds. The molecule has 1 heterocycles. The quantitative estimate of drug-likeness (QED) is 0.610. The van der Waals surface area contributed by atoms with Crippen LogP contribution in [0.4, 0.5) is 0 Å². The van der Waals surface area contributed by atoms with Crippen LogP contribution in [0.5, 0.6) is 0 Å². The second-order valence-corrected chi connectivity index (χ2v) is 6.31. The highest BCUT2D eigenvalue weighted by Crippen LogP contribution is 2.28. The van der Waals surface area contributed by atoms with E-state index >= 15 is 0 Å². The molecule has 0 fully saturated rings. The van der Waals surface area contributed by atoms with Crippen LogP contribution in [0.2, 0.25) is 0 Å². The molecule has 1 atom stereocenters. The second-order valence-electron chi connectivity index (χ2n) is 6.31. The third kappa shape index (κ3) is 2.65. The zero-order valence-corrected chi connectivity index (χ0v) is 13.9. The molecular weight excluding hydrogens is 296 g/mol. The lowest BCUT2D eigenvalue weighted by Crippen LogP contribution is -2.22. The second kappa shape index (κ2) is 6.06. The summed E-state index contributed by atoms with van der Waals surface area (Å²) >= 11 is 0. The van der Waals surface area contributed by atoms with Crippen LogP contribution < -0.4 is 0 Å². The molecule has 0 aliphatic rings. The van der Waals surface area contributed by atoms with Crippen LogP contribution in [0, 0.1) is 0 Å². The first-order valence-electron chi connectivity index (χ1n) is 8.20. The summed E-state index contributed by atoms with van der Waals surface area (Å²) in [5.74, 6) is 0. The molecule has 1 N–H and O–H groups in total. The number of aromatic nitrogens is 3. The van der Waals surface area contributed by atoms with E-state index < -0.39 is 0 Å². The number of aromatic amines is 1. The molecule has 0 saturated carbocycles. The first-order chi connectivity index (χ1) is 11.7. The van der Waals surface area contributed by atoms with Crippen LogP contribution >= 0.6 is 0 Å². The Bertz CT molecular complexity index is 984. The molecule has 24 heavy (non-hydrogen) atoms. The van der Waals surface area contributed by atoms with Gasteiger partial charge in [0.2, 0.25) is 0 Å². The van der Waals surface area contributed by atoms with Gasteiger partial charge in [-0.15, -0.1) is 0 Å². The maximum absolute atomic E-state index is 4.18. The van der Waals surface area contributed by atoms with Crippen molar-refractivity contribution in [3.63, 3.8) is 0 Å². The van der Waals surface area contributed by atoms with E-state index in [1.807, 2.05) is 6.07 Å². The van der Waals surface area contributed by atoms with Crippen LogP contribution in [-0.2, 0) is 6.54 Å². The molecule has 120 valence electrons. The van der Waals surface area contributed by atoms with E-state index in [2.05, 4.69) is 88.9 Å². The molecule has 0 saturated heterocycles. The summed E-state index contributed by atoms with van der Waals surface area (Å²) in [6, 6.07) is 21.7. The predicted molar refractivity (Wildman–Crippen MR) is 97.7 cm³/mol. The summed E-state index contributed by atoms with van der Waals surface area (Å²) < 4.78 is 0. The van der Waals surface area contributed by atoms with Crippen molar-refractivity contribution in [2.45, 2.75) is 19.5 Å². The van der Waals surface area contributed by atoms with Gasteiger partial charge in [-0.1, -0.05) is 48.5 Å². The molecule has 4 aromatic rings. The van der Waals surface area contributed by atoms with Crippen LogP contribution in [0.3, 0.4) is 0 Å². The van der Waals surface area contributed by atoms with Crippen LogP contribution in [0.15, 0.2) is 60.7 Å². The molecule has 0 spiro atoms. The van der Waals surface area contributed by atoms with Gasteiger partial charge in [0, 0.05) is 12.6 Å². The standard InChI is InChI=1S/C20H20N4/c1-14(17-9-5-7-16-6-3-4-8-18(16)17)24(2)13-15-10-11-19-20(12-15)22-23-21-19/h3-12,14H,13H2,1-2H3,(H,21,22,23)/t14-/m1/s1. The Balaban J connectivity index is 1.62. The van der Waals surface area contributed by atoms with Gasteiger partial charge < -0.3 is 0 Å². The maximum Gasteiger partial charge on any atom is 0.113 e. The normalized spacial score (nSPS) is 13.0. The molecule has 4 heteroatoms. The average molecular weight is 316 g/mol. The van der Waals surface area contributed by atoms with Crippen molar-refractivity contribution in [1.82, 2.24) is 20.3 Å². The number of fused-ring (bicyclic) bond motifs is 2. The molecular formula is C20H20N4. The number of hydrogen-bond donors (Lipinski definition) is 1. The van der Waals surface area contributed by atoms with Crippen molar-refractivity contribution in [2.24, 2.45) is 0 Å². The van der Waals surface area contributed by atoms with Crippen molar-refractivity contribution in [3.8, 4) is 0 Å². The average Bonchev–Trinajstić information content (AvgIpc) is 3.08. The fraction of sp³-hybridized carbons (Fsp3) is 0.200. The molecule has 1 aromatic heterocycles. The minimum absolute atomic E-state index is 0.323. The van der Waals surface area contributed by atoms with E-state index in [0.717, 1.165) is 17.6 Å². The Morgan fingerprint density at radius 1 is 0.958 bits per heavy atom. The number of rotatable bonds is 4. The molecule has 4 nitrogen and oxygen atoms in total. The Kier molecular flexibility index (Phi) is 3.75. The first-order valence-corrected chi connectivity index (χ1v) is 8.20. The Morgan fingerprint density at radius 3 is 2.67 bits per heavy atom. The van der Waals surface area contributed by atoms with Crippen LogP contribution in [0.25, 0.3) is 21.8 Å². The number of benzene rings is 3. The third-order valence-electron chi connectivity index (χ3n) is 4.75. The number of nitrogens with zero attached hydrogens (tertiary/aromatic N) is 3. The van der Waals surface area contributed by atoms with E-state index in [9.17, 15) is 0 Å². The Labute approximate surface area is 141 Å². The van der Waals surface area contributed by atoms with E-state index in [4.69, 9.17) is 0 Å². The minimum atomic E-state index is 0.323. The first kappa shape index (κ1) is 14.8. The lowest BCUT2D eigenvalue weighted by molar-refractivity contribution is 0.254. The number of H-pyrrole nitrogens is 1. The van der Waals surface area contributed by atoms with Crippen molar-refractivity contribution in [1.29, 1.82) is 0 Å². The highest BCUT2D eigenvalue weighted by atomic mass is 15.3. The van der Waals surface area contributed by atoms with Crippen molar-refractivity contribution < 1.29 is 0 Å². The molecule has 0 bridgehead atoms. The SMILES string of the molecule is C[C@H](c1cccc2ccccc12)N(C)Cc1ccc2n[nH]nc2c1. The van der Waals surface area contributed by atoms with Crippen LogP contribution in [-0.4, -0.2) is 27.4 Å². The van der Waals surface area contributed by atoms with E-state index in [-0.39, 0.29) is 0 Å². The van der Waals surface area contributed by atoms with Gasteiger partial charge in [-0.2, -0.15) is 15.4 Å². The summed E-state index contributed by atoms with van der Waals surface area (Å²) in [7, 11) is 2.17. The van der Waals surface area contributed by atoms with Gasteiger partial charge in [0.15, 0.2) is 0 Å². The van der Waals surface area contributed by atoms with Crippen molar-refractivity contribution >= 4 is 21.8 Å². The van der Waals surface area contributed by atoms with Gasteiger partial charge >= 0.3 is 0 Å². The Hall–Kier alpha value is -2.72. The largest absolute Gasteiger partial charge is 0.295 e. The topological polar surface area (TPSA) is 44.8 Å². The maximum atomic E-state index is 4.18. The fourth-order valence-corrected chi connectivity index (χ4v) is 3.26. The molecule has 4 rings (SSSR count). The van der Waals surface area contributed by atoms with Gasteiger partial charge in [-0.05, 0) is 48.0 Å². The third-order valence-corrected chi connectivity index (χ3v) is 4.75. The minimum Gasteiger partial charge on any atom is -0.295 e. The van der Waals surface area contributed by atoms with E-state index in [0.29, 0.717) is 6.04 Å². The van der Waals surface area contributed by atoms with Crippen molar-refractivity contribution in [2.75, 3.05) is 7.05 Å². The van der Waals surface area contributed by atoms with Crippen molar-refractivity contribution in [3.05, 3.63) is 71.8 Å². The van der Waals surface area contributed by atoms with E-state index in [1.54, 1.807) is 0 Å². The van der Waals surface area contributed by atoms with Crippen LogP contribution in [0.1, 0.15) is 24.1 Å². The van der Waals surface area contributed by atoms with Gasteiger partial charge in [0.1, 0.15) is 11.0 Å². The fourth-order valence-electron chi connectivity index (χ4n) is 3.26. The lowest BCUT2D eigenvalue weighted by Gasteiger charge is -2.26. The monoisotopic (exact) mass is 316 g/mol. The molecule has 0 aliphatic heterocycles. The summed E-state index contributed by atoms with van der Waals surface area (Å²) in [6.07, 6.45) is 0. The zero-order valence-electron chi connectivity index (χ0n) is 13.9. The molecule has 0 aliphatic carbocycles. The highest BCUT2D eigenvalue weighted by Gasteiger charge is 2.15.